The summed E-state index contributed by atoms with van der Waals surface area (Å²) >= 11 is 3.38. The minimum atomic E-state index is -0.450. The van der Waals surface area contributed by atoms with E-state index in [9.17, 15) is 9.90 Å². The molecule has 1 saturated carbocycles. The third-order valence-corrected chi connectivity index (χ3v) is 4.13. The van der Waals surface area contributed by atoms with Crippen molar-refractivity contribution < 1.29 is 14.6 Å². The molecule has 2 amide bonds. The van der Waals surface area contributed by atoms with E-state index in [2.05, 4.69) is 26.6 Å². The summed E-state index contributed by atoms with van der Waals surface area (Å²) in [5, 5.41) is 15.4. The fraction of sp³-hybridized carbons (Fsp3) is 0.500. The zero-order valence-electron chi connectivity index (χ0n) is 11.4. The molecule has 0 aromatic heterocycles. The molecular formula is C14H19BrN2O3. The fourth-order valence-corrected chi connectivity index (χ4v) is 2.79. The summed E-state index contributed by atoms with van der Waals surface area (Å²) < 4.78 is 5.85. The Morgan fingerprint density at radius 2 is 2.15 bits per heavy atom. The Morgan fingerprint density at radius 1 is 1.40 bits per heavy atom. The van der Waals surface area contributed by atoms with E-state index in [4.69, 9.17) is 4.74 Å². The van der Waals surface area contributed by atoms with Crippen LogP contribution in [0.3, 0.4) is 0 Å². The molecule has 0 aliphatic heterocycles. The van der Waals surface area contributed by atoms with Crippen molar-refractivity contribution in [3.63, 3.8) is 0 Å². The molecule has 1 fully saturated rings. The predicted octanol–water partition coefficient (Wildman–Crippen LogP) is 2.88. The van der Waals surface area contributed by atoms with Crippen LogP contribution in [0.15, 0.2) is 22.7 Å². The maximum absolute atomic E-state index is 11.9. The highest BCUT2D eigenvalue weighted by atomic mass is 79.9. The van der Waals surface area contributed by atoms with Gasteiger partial charge in [-0.1, -0.05) is 12.8 Å². The molecule has 110 valence electrons. The first-order valence-corrected chi connectivity index (χ1v) is 7.48. The van der Waals surface area contributed by atoms with Gasteiger partial charge in [0.1, 0.15) is 5.75 Å². The van der Waals surface area contributed by atoms with E-state index in [0.717, 1.165) is 30.2 Å². The lowest BCUT2D eigenvalue weighted by Gasteiger charge is -2.28. The SMILES string of the molecule is COc1ccc(NC(=O)N[C@@H]2CCCC[C@@H]2O)c(Br)c1. The number of aliphatic hydroxyl groups excluding tert-OH is 1. The molecule has 3 N–H and O–H groups in total. The van der Waals surface area contributed by atoms with Crippen molar-refractivity contribution in [1.82, 2.24) is 5.32 Å². The maximum atomic E-state index is 11.9. The molecule has 0 spiro atoms. The molecule has 6 heteroatoms. The zero-order valence-corrected chi connectivity index (χ0v) is 12.9. The predicted molar refractivity (Wildman–Crippen MR) is 81.1 cm³/mol. The van der Waals surface area contributed by atoms with E-state index in [1.807, 2.05) is 0 Å². The van der Waals surface area contributed by atoms with E-state index in [-0.39, 0.29) is 12.1 Å². The summed E-state index contributed by atoms with van der Waals surface area (Å²) in [6, 6.07) is 4.85. The highest BCUT2D eigenvalue weighted by Gasteiger charge is 2.24. The number of urea groups is 1. The van der Waals surface area contributed by atoms with E-state index in [1.165, 1.54) is 0 Å². The topological polar surface area (TPSA) is 70.6 Å². The Morgan fingerprint density at radius 3 is 2.80 bits per heavy atom. The number of rotatable bonds is 3. The van der Waals surface area contributed by atoms with Crippen LogP contribution in [0.5, 0.6) is 5.75 Å². The number of anilines is 1. The molecule has 0 radical (unpaired) electrons. The molecule has 1 aromatic rings. The molecule has 0 heterocycles. The number of nitrogens with one attached hydrogen (secondary N) is 2. The van der Waals surface area contributed by atoms with Gasteiger partial charge < -0.3 is 20.5 Å². The van der Waals surface area contributed by atoms with Crippen LogP contribution in [0.1, 0.15) is 25.7 Å². The second-order valence-corrected chi connectivity index (χ2v) is 5.76. The number of hydrogen-bond acceptors (Lipinski definition) is 3. The smallest absolute Gasteiger partial charge is 0.319 e. The van der Waals surface area contributed by atoms with Crippen LogP contribution in [-0.4, -0.2) is 30.4 Å². The van der Waals surface area contributed by atoms with Gasteiger partial charge in [-0.05, 0) is 47.0 Å². The van der Waals surface area contributed by atoms with Gasteiger partial charge in [0, 0.05) is 4.47 Å². The quantitative estimate of drug-likeness (QED) is 0.790. The van der Waals surface area contributed by atoms with Crippen molar-refractivity contribution in [2.45, 2.75) is 37.8 Å². The first-order chi connectivity index (χ1) is 9.60. The second-order valence-electron chi connectivity index (χ2n) is 4.90. The lowest BCUT2D eigenvalue weighted by Crippen LogP contribution is -2.46. The van der Waals surface area contributed by atoms with Crippen LogP contribution in [0.25, 0.3) is 0 Å². The largest absolute Gasteiger partial charge is 0.497 e. The minimum absolute atomic E-state index is 0.166. The monoisotopic (exact) mass is 342 g/mol. The van der Waals surface area contributed by atoms with Gasteiger partial charge in [-0.25, -0.2) is 4.79 Å². The number of halogens is 1. The van der Waals surface area contributed by atoms with Crippen molar-refractivity contribution in [2.24, 2.45) is 0 Å². The van der Waals surface area contributed by atoms with Gasteiger partial charge in [0.25, 0.3) is 0 Å². The summed E-state index contributed by atoms with van der Waals surface area (Å²) in [7, 11) is 1.59. The van der Waals surface area contributed by atoms with Gasteiger partial charge in [-0.3, -0.25) is 0 Å². The van der Waals surface area contributed by atoms with Crippen molar-refractivity contribution in [1.29, 1.82) is 0 Å². The molecule has 1 aliphatic rings. The van der Waals surface area contributed by atoms with Crippen LogP contribution in [0, 0.1) is 0 Å². The normalized spacial score (nSPS) is 22.1. The van der Waals surface area contributed by atoms with Crippen LogP contribution >= 0.6 is 15.9 Å². The van der Waals surface area contributed by atoms with Crippen molar-refractivity contribution >= 4 is 27.6 Å². The average molecular weight is 343 g/mol. The summed E-state index contributed by atoms with van der Waals surface area (Å²) in [5.41, 5.74) is 0.661. The van der Waals surface area contributed by atoms with Crippen LogP contribution in [0.2, 0.25) is 0 Å². The number of benzene rings is 1. The molecule has 2 atom stereocenters. The lowest BCUT2D eigenvalue weighted by atomic mass is 9.93. The fourth-order valence-electron chi connectivity index (χ4n) is 2.33. The summed E-state index contributed by atoms with van der Waals surface area (Å²) in [5.74, 6) is 0.713. The molecule has 2 rings (SSSR count). The van der Waals surface area contributed by atoms with E-state index < -0.39 is 6.10 Å². The first-order valence-electron chi connectivity index (χ1n) is 6.69. The Balaban J connectivity index is 1.94. The maximum Gasteiger partial charge on any atom is 0.319 e. The number of hydrogen-bond donors (Lipinski definition) is 3. The Hall–Kier alpha value is -1.27. The van der Waals surface area contributed by atoms with Crippen LogP contribution < -0.4 is 15.4 Å². The molecule has 0 saturated heterocycles. The molecule has 0 unspecified atom stereocenters. The molecule has 1 aromatic carbocycles. The second kappa shape index (κ2) is 6.95. The third-order valence-electron chi connectivity index (χ3n) is 3.47. The molecular weight excluding hydrogens is 324 g/mol. The Labute approximate surface area is 126 Å². The standard InChI is InChI=1S/C14H19BrN2O3/c1-20-9-6-7-11(10(15)8-9)16-14(19)17-12-4-2-3-5-13(12)18/h6-8,12-13,18H,2-5H2,1H3,(H2,16,17,19)/t12-,13+/m1/s1. The van der Waals surface area contributed by atoms with Crippen molar-refractivity contribution in [2.75, 3.05) is 12.4 Å². The average Bonchev–Trinajstić information content (AvgIpc) is 2.43. The molecule has 5 nitrogen and oxygen atoms in total. The number of amides is 2. The molecule has 1 aliphatic carbocycles. The van der Waals surface area contributed by atoms with E-state index >= 15 is 0 Å². The van der Waals surface area contributed by atoms with E-state index in [0.29, 0.717) is 11.4 Å². The summed E-state index contributed by atoms with van der Waals surface area (Å²) in [4.78, 5) is 11.9. The summed E-state index contributed by atoms with van der Waals surface area (Å²) in [6.07, 6.45) is 3.17. The Kier molecular flexibility index (Phi) is 5.25. The molecule has 20 heavy (non-hydrogen) atoms. The van der Waals surface area contributed by atoms with E-state index in [1.54, 1.807) is 25.3 Å². The van der Waals surface area contributed by atoms with Crippen LogP contribution in [0.4, 0.5) is 10.5 Å². The number of carbonyl (C=O) groups excluding carboxylic acids is 1. The highest BCUT2D eigenvalue weighted by molar-refractivity contribution is 9.10. The van der Waals surface area contributed by atoms with Gasteiger partial charge in [0.15, 0.2) is 0 Å². The molecule has 0 bridgehead atoms. The summed E-state index contributed by atoms with van der Waals surface area (Å²) in [6.45, 7) is 0. The van der Waals surface area contributed by atoms with Gasteiger partial charge in [0.2, 0.25) is 0 Å². The zero-order chi connectivity index (χ0) is 14.5. The van der Waals surface area contributed by atoms with Gasteiger partial charge in [-0.2, -0.15) is 0 Å². The first kappa shape index (κ1) is 15.1. The Bertz CT molecular complexity index is 481. The lowest BCUT2D eigenvalue weighted by molar-refractivity contribution is 0.0955. The number of aliphatic hydroxyl groups is 1. The van der Waals surface area contributed by atoms with Gasteiger partial charge >= 0.3 is 6.03 Å². The highest BCUT2D eigenvalue weighted by Crippen LogP contribution is 2.27. The van der Waals surface area contributed by atoms with Crippen molar-refractivity contribution in [3.8, 4) is 5.75 Å². The number of ether oxygens (including phenoxy) is 1. The van der Waals surface area contributed by atoms with Gasteiger partial charge in [0.05, 0.1) is 24.9 Å². The number of methoxy groups -OCH3 is 1. The van der Waals surface area contributed by atoms with Gasteiger partial charge in [-0.15, -0.1) is 0 Å². The minimum Gasteiger partial charge on any atom is -0.497 e. The number of carbonyl (C=O) groups is 1. The van der Waals surface area contributed by atoms with Crippen molar-refractivity contribution in [3.05, 3.63) is 22.7 Å². The third kappa shape index (κ3) is 3.86. The van der Waals surface area contributed by atoms with Crippen LogP contribution in [-0.2, 0) is 0 Å².